The van der Waals surface area contributed by atoms with Gasteiger partial charge in [0.05, 0.1) is 5.69 Å². The van der Waals surface area contributed by atoms with Gasteiger partial charge in [-0.25, -0.2) is 13.1 Å². The number of nitrogen functional groups attached to an aromatic ring is 1. The summed E-state index contributed by atoms with van der Waals surface area (Å²) < 4.78 is 27.0. The predicted molar refractivity (Wildman–Crippen MR) is 68.2 cm³/mol. The lowest BCUT2D eigenvalue weighted by Gasteiger charge is -2.14. The highest BCUT2D eigenvalue weighted by Crippen LogP contribution is 2.23. The van der Waals surface area contributed by atoms with Crippen LogP contribution in [0.4, 0.5) is 5.69 Å². The molecule has 5 heteroatoms. The molecule has 1 aliphatic carbocycles. The topological polar surface area (TPSA) is 72.2 Å². The quantitative estimate of drug-likeness (QED) is 0.808. The molecule has 17 heavy (non-hydrogen) atoms. The second-order valence-corrected chi connectivity index (χ2v) is 6.33. The van der Waals surface area contributed by atoms with E-state index in [9.17, 15) is 8.42 Å². The number of rotatable bonds is 3. The van der Waals surface area contributed by atoms with E-state index >= 15 is 0 Å². The summed E-state index contributed by atoms with van der Waals surface area (Å²) in [6.07, 6.45) is 4.03. The molecule has 1 fully saturated rings. The molecule has 3 N–H and O–H groups in total. The van der Waals surface area contributed by atoms with E-state index in [0.717, 1.165) is 31.2 Å². The van der Waals surface area contributed by atoms with Gasteiger partial charge in [-0.05, 0) is 37.5 Å². The van der Waals surface area contributed by atoms with Gasteiger partial charge in [0.1, 0.15) is 4.90 Å². The summed E-state index contributed by atoms with van der Waals surface area (Å²) in [5.74, 6) is 0. The molecule has 1 aromatic carbocycles. The van der Waals surface area contributed by atoms with Crippen LogP contribution in [0, 0.1) is 6.92 Å². The molecule has 0 radical (unpaired) electrons. The molecule has 1 aromatic rings. The number of hydrogen-bond donors (Lipinski definition) is 2. The van der Waals surface area contributed by atoms with Gasteiger partial charge in [0.25, 0.3) is 0 Å². The SMILES string of the molecule is Cc1ccc(S(=O)(=O)NC2CCCC2)c(N)c1. The first-order valence-corrected chi connectivity index (χ1v) is 7.36. The summed E-state index contributed by atoms with van der Waals surface area (Å²) in [6, 6.07) is 5.09. The summed E-state index contributed by atoms with van der Waals surface area (Å²) in [6.45, 7) is 1.89. The van der Waals surface area contributed by atoms with Gasteiger partial charge in [-0.1, -0.05) is 18.9 Å². The molecule has 0 spiro atoms. The number of sulfonamides is 1. The van der Waals surface area contributed by atoms with Crippen molar-refractivity contribution in [2.45, 2.75) is 43.5 Å². The standard InChI is InChI=1S/C12H18N2O2S/c1-9-6-7-12(11(13)8-9)17(15,16)14-10-4-2-3-5-10/h6-8,10,14H,2-5,13H2,1H3. The molecule has 0 heterocycles. The van der Waals surface area contributed by atoms with Crippen LogP contribution in [0.1, 0.15) is 31.2 Å². The van der Waals surface area contributed by atoms with Crippen molar-refractivity contribution < 1.29 is 8.42 Å². The van der Waals surface area contributed by atoms with Gasteiger partial charge >= 0.3 is 0 Å². The van der Waals surface area contributed by atoms with Crippen molar-refractivity contribution in [3.8, 4) is 0 Å². The van der Waals surface area contributed by atoms with Crippen LogP contribution in [0.5, 0.6) is 0 Å². The second kappa shape index (κ2) is 4.66. The first-order chi connectivity index (χ1) is 7.99. The van der Waals surface area contributed by atoms with Gasteiger partial charge in [-0.15, -0.1) is 0 Å². The summed E-state index contributed by atoms with van der Waals surface area (Å²) >= 11 is 0. The Hall–Kier alpha value is -1.07. The Kier molecular flexibility index (Phi) is 3.40. The van der Waals surface area contributed by atoms with E-state index in [4.69, 9.17) is 5.73 Å². The maximum absolute atomic E-state index is 12.1. The molecular weight excluding hydrogens is 236 g/mol. The average molecular weight is 254 g/mol. The number of nitrogens with one attached hydrogen (secondary N) is 1. The zero-order chi connectivity index (χ0) is 12.5. The third-order valence-electron chi connectivity index (χ3n) is 3.13. The Balaban J connectivity index is 2.24. The predicted octanol–water partition coefficient (Wildman–Crippen LogP) is 1.80. The molecule has 1 aliphatic rings. The van der Waals surface area contributed by atoms with E-state index in [2.05, 4.69) is 4.72 Å². The molecule has 0 saturated heterocycles. The van der Waals surface area contributed by atoms with Crippen LogP contribution in [0.15, 0.2) is 23.1 Å². The molecule has 0 unspecified atom stereocenters. The Bertz CT molecular complexity index is 505. The first kappa shape index (κ1) is 12.4. The van der Waals surface area contributed by atoms with Crippen molar-refractivity contribution in [2.24, 2.45) is 0 Å². The van der Waals surface area contributed by atoms with Gasteiger partial charge in [-0.2, -0.15) is 0 Å². The van der Waals surface area contributed by atoms with Crippen molar-refractivity contribution in [3.05, 3.63) is 23.8 Å². The van der Waals surface area contributed by atoms with Crippen LogP contribution in [0.3, 0.4) is 0 Å². The normalized spacial score (nSPS) is 17.5. The molecule has 0 aliphatic heterocycles. The zero-order valence-electron chi connectivity index (χ0n) is 9.94. The molecule has 2 rings (SSSR count). The number of aryl methyl sites for hydroxylation is 1. The van der Waals surface area contributed by atoms with Crippen molar-refractivity contribution in [3.63, 3.8) is 0 Å². The lowest BCUT2D eigenvalue weighted by atomic mass is 10.2. The Morgan fingerprint density at radius 2 is 1.94 bits per heavy atom. The van der Waals surface area contributed by atoms with Crippen molar-refractivity contribution in [1.29, 1.82) is 0 Å². The summed E-state index contributed by atoms with van der Waals surface area (Å²) in [4.78, 5) is 0.190. The number of anilines is 1. The van der Waals surface area contributed by atoms with Crippen LogP contribution < -0.4 is 10.5 Å². The zero-order valence-corrected chi connectivity index (χ0v) is 10.8. The van der Waals surface area contributed by atoms with Crippen LogP contribution >= 0.6 is 0 Å². The summed E-state index contributed by atoms with van der Waals surface area (Å²) in [5, 5.41) is 0. The van der Waals surface area contributed by atoms with Crippen LogP contribution in [-0.2, 0) is 10.0 Å². The third kappa shape index (κ3) is 2.79. The lowest BCUT2D eigenvalue weighted by molar-refractivity contribution is 0.552. The van der Waals surface area contributed by atoms with Crippen molar-refractivity contribution in [2.75, 3.05) is 5.73 Å². The summed E-state index contributed by atoms with van der Waals surface area (Å²) in [7, 11) is -3.47. The molecule has 94 valence electrons. The number of nitrogens with two attached hydrogens (primary N) is 1. The Labute approximate surface area is 102 Å². The largest absolute Gasteiger partial charge is 0.398 e. The number of hydrogen-bond acceptors (Lipinski definition) is 3. The van der Waals surface area contributed by atoms with Crippen molar-refractivity contribution in [1.82, 2.24) is 4.72 Å². The minimum atomic E-state index is -3.47. The summed E-state index contributed by atoms with van der Waals surface area (Å²) in [5.41, 5.74) is 7.04. The van der Waals surface area contributed by atoms with E-state index in [-0.39, 0.29) is 10.9 Å². The highest BCUT2D eigenvalue weighted by molar-refractivity contribution is 7.89. The molecule has 0 atom stereocenters. The second-order valence-electron chi connectivity index (χ2n) is 4.64. The molecule has 4 nitrogen and oxygen atoms in total. The molecular formula is C12H18N2O2S. The van der Waals surface area contributed by atoms with E-state index in [1.807, 2.05) is 6.92 Å². The fraction of sp³-hybridized carbons (Fsp3) is 0.500. The minimum Gasteiger partial charge on any atom is -0.398 e. The van der Waals surface area contributed by atoms with Crippen LogP contribution in [-0.4, -0.2) is 14.5 Å². The molecule has 0 amide bonds. The highest BCUT2D eigenvalue weighted by atomic mass is 32.2. The number of benzene rings is 1. The minimum absolute atomic E-state index is 0.0701. The maximum atomic E-state index is 12.1. The smallest absolute Gasteiger partial charge is 0.242 e. The van der Waals surface area contributed by atoms with E-state index in [1.165, 1.54) is 0 Å². The van der Waals surface area contributed by atoms with Crippen molar-refractivity contribution >= 4 is 15.7 Å². The van der Waals surface area contributed by atoms with Gasteiger partial charge in [-0.3, -0.25) is 0 Å². The fourth-order valence-corrected chi connectivity index (χ4v) is 3.66. The van der Waals surface area contributed by atoms with Crippen LogP contribution in [0.2, 0.25) is 0 Å². The first-order valence-electron chi connectivity index (χ1n) is 5.87. The molecule has 0 bridgehead atoms. The van der Waals surface area contributed by atoms with Gasteiger partial charge in [0.15, 0.2) is 0 Å². The van der Waals surface area contributed by atoms with Gasteiger partial charge in [0.2, 0.25) is 10.0 Å². The maximum Gasteiger partial charge on any atom is 0.242 e. The highest BCUT2D eigenvalue weighted by Gasteiger charge is 2.24. The molecule has 1 saturated carbocycles. The van der Waals surface area contributed by atoms with Gasteiger partial charge in [0, 0.05) is 6.04 Å². The lowest BCUT2D eigenvalue weighted by Crippen LogP contribution is -2.33. The molecule has 0 aromatic heterocycles. The monoisotopic (exact) mass is 254 g/mol. The average Bonchev–Trinajstić information content (AvgIpc) is 2.68. The van der Waals surface area contributed by atoms with E-state index in [1.54, 1.807) is 18.2 Å². The third-order valence-corrected chi connectivity index (χ3v) is 4.73. The van der Waals surface area contributed by atoms with Crippen LogP contribution in [0.25, 0.3) is 0 Å². The Morgan fingerprint density at radius 3 is 2.53 bits per heavy atom. The van der Waals surface area contributed by atoms with E-state index in [0.29, 0.717) is 5.69 Å². The Morgan fingerprint density at radius 1 is 1.29 bits per heavy atom. The fourth-order valence-electron chi connectivity index (χ4n) is 2.24. The van der Waals surface area contributed by atoms with Gasteiger partial charge < -0.3 is 5.73 Å². The van der Waals surface area contributed by atoms with E-state index < -0.39 is 10.0 Å².